The number of nitrogens with zero attached hydrogens (tertiary/aromatic N) is 1. The van der Waals surface area contributed by atoms with Crippen LogP contribution in [0.5, 0.6) is 0 Å². The fourth-order valence-electron chi connectivity index (χ4n) is 1.37. The zero-order valence-corrected chi connectivity index (χ0v) is 7.93. The van der Waals surface area contributed by atoms with Crippen LogP contribution in [0.3, 0.4) is 0 Å². The van der Waals surface area contributed by atoms with E-state index >= 15 is 0 Å². The topological polar surface area (TPSA) is 95.2 Å². The average Bonchev–Trinajstić information content (AvgIpc) is 2.16. The van der Waals surface area contributed by atoms with Gasteiger partial charge in [-0.15, -0.1) is 0 Å². The summed E-state index contributed by atoms with van der Waals surface area (Å²) < 4.78 is 0. The number of benzene rings is 1. The number of hydrogen-bond donors (Lipinski definition) is 2. The summed E-state index contributed by atoms with van der Waals surface area (Å²) in [6.07, 6.45) is 0. The fraction of sp³-hybridized carbons (Fsp3) is 0.333. The Morgan fingerprint density at radius 1 is 1.57 bits per heavy atom. The van der Waals surface area contributed by atoms with Crippen molar-refractivity contribution in [2.24, 2.45) is 11.5 Å². The minimum atomic E-state index is -0.415. The molecule has 0 amide bonds. The van der Waals surface area contributed by atoms with E-state index in [9.17, 15) is 10.1 Å². The van der Waals surface area contributed by atoms with E-state index in [4.69, 9.17) is 11.5 Å². The molecule has 0 aliphatic carbocycles. The van der Waals surface area contributed by atoms with Crippen LogP contribution in [-0.2, 0) is 0 Å². The second kappa shape index (κ2) is 4.17. The van der Waals surface area contributed by atoms with Gasteiger partial charge in [-0.3, -0.25) is 10.1 Å². The van der Waals surface area contributed by atoms with Crippen molar-refractivity contribution in [1.29, 1.82) is 0 Å². The number of rotatable bonds is 3. The van der Waals surface area contributed by atoms with Gasteiger partial charge in [-0.25, -0.2) is 0 Å². The number of nitro groups is 1. The van der Waals surface area contributed by atoms with Gasteiger partial charge in [-0.2, -0.15) is 0 Å². The van der Waals surface area contributed by atoms with Gasteiger partial charge in [0.15, 0.2) is 0 Å². The molecule has 1 unspecified atom stereocenters. The van der Waals surface area contributed by atoms with E-state index in [0.29, 0.717) is 5.56 Å². The first-order chi connectivity index (χ1) is 6.57. The summed E-state index contributed by atoms with van der Waals surface area (Å²) in [7, 11) is 0. The third-order valence-electron chi connectivity index (χ3n) is 2.20. The summed E-state index contributed by atoms with van der Waals surface area (Å²) in [5, 5.41) is 10.6. The quantitative estimate of drug-likeness (QED) is 0.552. The molecule has 1 rings (SSSR count). The third-order valence-corrected chi connectivity index (χ3v) is 2.20. The lowest BCUT2D eigenvalue weighted by Gasteiger charge is -2.11. The van der Waals surface area contributed by atoms with Crippen molar-refractivity contribution in [3.8, 4) is 0 Å². The Kier molecular flexibility index (Phi) is 3.16. The Morgan fingerprint density at radius 3 is 2.71 bits per heavy atom. The molecule has 1 aromatic rings. The van der Waals surface area contributed by atoms with Gasteiger partial charge in [0.1, 0.15) is 0 Å². The number of nitro benzene ring substituents is 1. The minimum absolute atomic E-state index is 0.0893. The fourth-order valence-corrected chi connectivity index (χ4v) is 1.37. The first kappa shape index (κ1) is 10.6. The molecule has 14 heavy (non-hydrogen) atoms. The largest absolute Gasteiger partial charge is 0.329 e. The molecule has 0 fully saturated rings. The van der Waals surface area contributed by atoms with Gasteiger partial charge in [0.05, 0.1) is 4.92 Å². The molecule has 0 spiro atoms. The molecular formula is C9H13N3O2. The van der Waals surface area contributed by atoms with Crippen molar-refractivity contribution in [3.63, 3.8) is 0 Å². The van der Waals surface area contributed by atoms with Crippen LogP contribution in [-0.4, -0.2) is 11.5 Å². The highest BCUT2D eigenvalue weighted by atomic mass is 16.6. The lowest BCUT2D eigenvalue weighted by Crippen LogP contribution is -2.21. The van der Waals surface area contributed by atoms with E-state index in [1.807, 2.05) is 0 Å². The van der Waals surface area contributed by atoms with Crippen LogP contribution in [0, 0.1) is 17.0 Å². The molecule has 0 radical (unpaired) electrons. The van der Waals surface area contributed by atoms with Crippen LogP contribution in [0.2, 0.25) is 0 Å². The lowest BCUT2D eigenvalue weighted by atomic mass is 10.0. The van der Waals surface area contributed by atoms with E-state index in [1.54, 1.807) is 19.1 Å². The summed E-state index contributed by atoms with van der Waals surface area (Å²) in [6, 6.07) is 4.51. The summed E-state index contributed by atoms with van der Waals surface area (Å²) in [5.74, 6) is 0. The van der Waals surface area contributed by atoms with Crippen molar-refractivity contribution in [2.45, 2.75) is 13.0 Å². The molecule has 76 valence electrons. The smallest absolute Gasteiger partial charge is 0.272 e. The molecule has 4 N–H and O–H groups in total. The summed E-state index contributed by atoms with van der Waals surface area (Å²) >= 11 is 0. The molecule has 0 aromatic heterocycles. The number of nitrogens with two attached hydrogens (primary N) is 2. The second-order valence-corrected chi connectivity index (χ2v) is 3.09. The van der Waals surface area contributed by atoms with Crippen LogP contribution in [0.1, 0.15) is 17.2 Å². The number of hydrogen-bond acceptors (Lipinski definition) is 4. The summed E-state index contributed by atoms with van der Waals surface area (Å²) in [6.45, 7) is 1.96. The zero-order chi connectivity index (χ0) is 10.7. The Labute approximate surface area is 81.9 Å². The maximum absolute atomic E-state index is 10.6. The van der Waals surface area contributed by atoms with Crippen molar-refractivity contribution in [1.82, 2.24) is 0 Å². The predicted octanol–water partition coefficient (Wildman–Crippen LogP) is 0.862. The van der Waals surface area contributed by atoms with Crippen molar-refractivity contribution in [2.75, 3.05) is 6.54 Å². The minimum Gasteiger partial charge on any atom is -0.329 e. The molecule has 0 aliphatic heterocycles. The zero-order valence-electron chi connectivity index (χ0n) is 7.93. The lowest BCUT2D eigenvalue weighted by molar-refractivity contribution is -0.385. The SMILES string of the molecule is Cc1c(C(N)CN)cccc1[N+](=O)[O-]. The molecule has 0 aliphatic rings. The molecule has 0 bridgehead atoms. The standard InChI is InChI=1S/C9H13N3O2/c1-6-7(8(11)5-10)3-2-4-9(6)12(13)14/h2-4,8H,5,10-11H2,1H3. The van der Waals surface area contributed by atoms with Crippen LogP contribution in [0.4, 0.5) is 5.69 Å². The Bertz CT molecular complexity index is 352. The van der Waals surface area contributed by atoms with Crippen molar-refractivity contribution in [3.05, 3.63) is 39.4 Å². The maximum Gasteiger partial charge on any atom is 0.272 e. The molecule has 1 atom stereocenters. The predicted molar refractivity (Wildman–Crippen MR) is 53.8 cm³/mol. The van der Waals surface area contributed by atoms with Crippen LogP contribution >= 0.6 is 0 Å². The molecule has 5 heteroatoms. The van der Waals surface area contributed by atoms with Gasteiger partial charge in [-0.05, 0) is 12.5 Å². The highest BCUT2D eigenvalue weighted by Gasteiger charge is 2.16. The Morgan fingerprint density at radius 2 is 2.21 bits per heavy atom. The van der Waals surface area contributed by atoms with Crippen LogP contribution < -0.4 is 11.5 Å². The highest BCUT2D eigenvalue weighted by Crippen LogP contribution is 2.24. The molecule has 0 heterocycles. The normalized spacial score (nSPS) is 12.5. The van der Waals surface area contributed by atoms with Gasteiger partial charge >= 0.3 is 0 Å². The maximum atomic E-state index is 10.6. The molecule has 5 nitrogen and oxygen atoms in total. The van der Waals surface area contributed by atoms with E-state index in [-0.39, 0.29) is 18.3 Å². The van der Waals surface area contributed by atoms with Crippen molar-refractivity contribution >= 4 is 5.69 Å². The third kappa shape index (κ3) is 1.89. The molecular weight excluding hydrogens is 182 g/mol. The van der Waals surface area contributed by atoms with Crippen LogP contribution in [0.15, 0.2) is 18.2 Å². The van der Waals surface area contributed by atoms with E-state index in [1.165, 1.54) is 6.07 Å². The van der Waals surface area contributed by atoms with E-state index in [0.717, 1.165) is 5.56 Å². The molecule has 0 saturated carbocycles. The Hall–Kier alpha value is -1.46. The van der Waals surface area contributed by atoms with Crippen LogP contribution in [0.25, 0.3) is 0 Å². The average molecular weight is 195 g/mol. The van der Waals surface area contributed by atoms with Gasteiger partial charge in [-0.1, -0.05) is 12.1 Å². The van der Waals surface area contributed by atoms with Gasteiger partial charge in [0.25, 0.3) is 5.69 Å². The molecule has 1 aromatic carbocycles. The van der Waals surface area contributed by atoms with Crippen molar-refractivity contribution < 1.29 is 4.92 Å². The monoisotopic (exact) mass is 195 g/mol. The van der Waals surface area contributed by atoms with Gasteiger partial charge < -0.3 is 11.5 Å². The highest BCUT2D eigenvalue weighted by molar-refractivity contribution is 5.45. The van der Waals surface area contributed by atoms with E-state index < -0.39 is 4.92 Å². The first-order valence-electron chi connectivity index (χ1n) is 4.27. The molecule has 0 saturated heterocycles. The van der Waals surface area contributed by atoms with E-state index in [2.05, 4.69) is 0 Å². The first-order valence-corrected chi connectivity index (χ1v) is 4.27. The Balaban J connectivity index is 3.20. The van der Waals surface area contributed by atoms with Gasteiger partial charge in [0.2, 0.25) is 0 Å². The summed E-state index contributed by atoms with van der Waals surface area (Å²) in [4.78, 5) is 10.2. The van der Waals surface area contributed by atoms with Gasteiger partial charge in [0, 0.05) is 24.2 Å². The summed E-state index contributed by atoms with van der Waals surface area (Å²) in [5.41, 5.74) is 12.5. The second-order valence-electron chi connectivity index (χ2n) is 3.09.